The number of pyridine rings is 1. The van der Waals surface area contributed by atoms with E-state index in [9.17, 15) is 4.79 Å². The molecular weight excluding hydrogens is 300 g/mol. The molecule has 4 nitrogen and oxygen atoms in total. The third kappa shape index (κ3) is 5.78. The first-order chi connectivity index (χ1) is 11.6. The van der Waals surface area contributed by atoms with Crippen LogP contribution in [0.15, 0.2) is 42.6 Å². The minimum absolute atomic E-state index is 0.0648. The molecule has 2 aromatic rings. The smallest absolute Gasteiger partial charge is 0.146 e. The van der Waals surface area contributed by atoms with Gasteiger partial charge in [-0.15, -0.1) is 0 Å². The van der Waals surface area contributed by atoms with E-state index in [1.807, 2.05) is 37.4 Å². The summed E-state index contributed by atoms with van der Waals surface area (Å²) in [7, 11) is 3.49. The monoisotopic (exact) mass is 328 g/mol. The highest BCUT2D eigenvalue weighted by molar-refractivity contribution is 5.81. The number of likely N-dealkylation sites (N-methyl/N-ethyl adjacent to an activating group) is 1. The average molecular weight is 328 g/mol. The van der Waals surface area contributed by atoms with Crippen LogP contribution in [-0.4, -0.2) is 31.0 Å². The standard InChI is InChI=1S/C14H15NO.C6H13NO/c1-3-11-10-12(16-2)7-8-13(11)14-6-4-5-9-15-14;1-4-6(7-3)5(2)8/h4-10H,3H2,1-2H3;6-7H,4H2,1-3H3/t;6-/m.0/s1. The quantitative estimate of drug-likeness (QED) is 0.874. The van der Waals surface area contributed by atoms with Crippen LogP contribution in [0.25, 0.3) is 11.3 Å². The molecule has 1 aromatic carbocycles. The number of nitrogens with one attached hydrogen (secondary N) is 1. The van der Waals surface area contributed by atoms with Gasteiger partial charge in [-0.2, -0.15) is 0 Å². The highest BCUT2D eigenvalue weighted by Crippen LogP contribution is 2.26. The Labute approximate surface area is 145 Å². The largest absolute Gasteiger partial charge is 0.497 e. The number of aromatic nitrogens is 1. The first kappa shape index (κ1) is 19.8. The van der Waals surface area contributed by atoms with E-state index in [4.69, 9.17) is 4.74 Å². The molecule has 0 saturated carbocycles. The number of aryl methyl sites for hydroxylation is 1. The number of rotatable bonds is 6. The number of carbonyl (C=O) groups excluding carboxylic acids is 1. The van der Waals surface area contributed by atoms with E-state index < -0.39 is 0 Å². The number of carbonyl (C=O) groups is 1. The van der Waals surface area contributed by atoms with Crippen molar-refractivity contribution in [2.75, 3.05) is 14.2 Å². The van der Waals surface area contributed by atoms with Crippen molar-refractivity contribution in [3.05, 3.63) is 48.2 Å². The van der Waals surface area contributed by atoms with Crippen LogP contribution in [0.5, 0.6) is 5.75 Å². The Balaban J connectivity index is 0.000000307. The van der Waals surface area contributed by atoms with Crippen LogP contribution in [0.1, 0.15) is 32.8 Å². The lowest BCUT2D eigenvalue weighted by Gasteiger charge is -2.09. The van der Waals surface area contributed by atoms with Gasteiger partial charge in [0.05, 0.1) is 18.8 Å². The first-order valence-electron chi connectivity index (χ1n) is 8.33. The Bertz CT molecular complexity index is 623. The molecule has 1 aromatic heterocycles. The molecule has 2 rings (SSSR count). The Morgan fingerprint density at radius 3 is 2.42 bits per heavy atom. The number of hydrogen-bond donors (Lipinski definition) is 1. The molecule has 0 amide bonds. The van der Waals surface area contributed by atoms with Crippen molar-refractivity contribution in [3.63, 3.8) is 0 Å². The van der Waals surface area contributed by atoms with Gasteiger partial charge in [0.1, 0.15) is 11.5 Å². The van der Waals surface area contributed by atoms with Gasteiger partial charge in [-0.1, -0.05) is 19.9 Å². The van der Waals surface area contributed by atoms with E-state index in [0.717, 1.165) is 24.3 Å². The maximum Gasteiger partial charge on any atom is 0.146 e. The molecule has 0 spiro atoms. The average Bonchev–Trinajstić information content (AvgIpc) is 2.63. The van der Waals surface area contributed by atoms with Crippen LogP contribution < -0.4 is 10.1 Å². The van der Waals surface area contributed by atoms with Crippen LogP contribution >= 0.6 is 0 Å². The van der Waals surface area contributed by atoms with Crippen molar-refractivity contribution in [2.45, 2.75) is 39.7 Å². The summed E-state index contributed by atoms with van der Waals surface area (Å²) in [6.45, 7) is 5.73. The molecule has 0 aliphatic rings. The summed E-state index contributed by atoms with van der Waals surface area (Å²) >= 11 is 0. The second-order valence-corrected chi connectivity index (χ2v) is 5.45. The van der Waals surface area contributed by atoms with Gasteiger partial charge in [0.25, 0.3) is 0 Å². The molecule has 0 radical (unpaired) electrons. The summed E-state index contributed by atoms with van der Waals surface area (Å²) in [5.41, 5.74) is 3.46. The van der Waals surface area contributed by atoms with Crippen molar-refractivity contribution in [1.82, 2.24) is 10.3 Å². The van der Waals surface area contributed by atoms with Gasteiger partial charge in [0.2, 0.25) is 0 Å². The van der Waals surface area contributed by atoms with Gasteiger partial charge in [0.15, 0.2) is 0 Å². The topological polar surface area (TPSA) is 51.2 Å². The molecule has 1 heterocycles. The number of ketones is 1. The minimum atomic E-state index is 0.0648. The van der Waals surface area contributed by atoms with E-state index in [2.05, 4.69) is 29.4 Å². The number of methoxy groups -OCH3 is 1. The Morgan fingerprint density at radius 1 is 1.25 bits per heavy atom. The third-order valence-electron chi connectivity index (χ3n) is 3.88. The second-order valence-electron chi connectivity index (χ2n) is 5.45. The zero-order valence-electron chi connectivity index (χ0n) is 15.3. The van der Waals surface area contributed by atoms with E-state index >= 15 is 0 Å². The maximum absolute atomic E-state index is 10.5. The Morgan fingerprint density at radius 2 is 2.00 bits per heavy atom. The van der Waals surface area contributed by atoms with Crippen LogP contribution in [0.4, 0.5) is 0 Å². The van der Waals surface area contributed by atoms with Crippen LogP contribution in [0, 0.1) is 0 Å². The van der Waals surface area contributed by atoms with E-state index in [1.165, 1.54) is 11.1 Å². The van der Waals surface area contributed by atoms with Gasteiger partial charge in [-0.3, -0.25) is 9.78 Å². The van der Waals surface area contributed by atoms with E-state index in [-0.39, 0.29) is 11.8 Å². The molecule has 0 fully saturated rings. The fraction of sp³-hybridized carbons (Fsp3) is 0.400. The van der Waals surface area contributed by atoms with Gasteiger partial charge < -0.3 is 10.1 Å². The first-order valence-corrected chi connectivity index (χ1v) is 8.33. The third-order valence-corrected chi connectivity index (χ3v) is 3.88. The van der Waals surface area contributed by atoms with Gasteiger partial charge in [0, 0.05) is 11.8 Å². The number of hydrogen-bond acceptors (Lipinski definition) is 4. The fourth-order valence-corrected chi connectivity index (χ4v) is 2.46. The van der Waals surface area contributed by atoms with E-state index in [1.54, 1.807) is 21.1 Å². The highest BCUT2D eigenvalue weighted by Gasteiger charge is 2.06. The number of benzene rings is 1. The second kappa shape index (κ2) is 10.6. The molecule has 130 valence electrons. The predicted octanol–water partition coefficient (Wildman–Crippen LogP) is 3.89. The van der Waals surface area contributed by atoms with Crippen LogP contribution in [0.2, 0.25) is 0 Å². The molecule has 0 aliphatic heterocycles. The van der Waals surface area contributed by atoms with Crippen molar-refractivity contribution in [1.29, 1.82) is 0 Å². The Hall–Kier alpha value is -2.20. The zero-order chi connectivity index (χ0) is 17.9. The molecule has 1 atom stereocenters. The summed E-state index contributed by atoms with van der Waals surface area (Å²) in [4.78, 5) is 14.9. The summed E-state index contributed by atoms with van der Waals surface area (Å²) < 4.78 is 5.23. The molecule has 0 unspecified atom stereocenters. The zero-order valence-corrected chi connectivity index (χ0v) is 15.3. The molecule has 24 heavy (non-hydrogen) atoms. The molecule has 1 N–H and O–H groups in total. The molecule has 0 bridgehead atoms. The van der Waals surface area contributed by atoms with E-state index in [0.29, 0.717) is 0 Å². The number of ether oxygens (including phenoxy) is 1. The lowest BCUT2D eigenvalue weighted by molar-refractivity contribution is -0.118. The summed E-state index contributed by atoms with van der Waals surface area (Å²) in [6.07, 6.45) is 3.67. The predicted molar refractivity (Wildman–Crippen MR) is 99.4 cm³/mol. The summed E-state index contributed by atoms with van der Waals surface area (Å²) in [6, 6.07) is 12.1. The minimum Gasteiger partial charge on any atom is -0.497 e. The molecular formula is C20H28N2O2. The van der Waals surface area contributed by atoms with Crippen molar-refractivity contribution in [2.24, 2.45) is 0 Å². The Kier molecular flexibility index (Phi) is 8.72. The number of nitrogens with zero attached hydrogens (tertiary/aromatic N) is 1. The van der Waals surface area contributed by atoms with Crippen molar-refractivity contribution < 1.29 is 9.53 Å². The summed E-state index contributed by atoms with van der Waals surface area (Å²) in [5.74, 6) is 1.12. The van der Waals surface area contributed by atoms with Crippen LogP contribution in [0.3, 0.4) is 0 Å². The lowest BCUT2D eigenvalue weighted by atomic mass is 10.0. The SMILES string of the molecule is CC[C@H](NC)C(C)=O.CCc1cc(OC)ccc1-c1ccccn1. The van der Waals surface area contributed by atoms with Crippen LogP contribution in [-0.2, 0) is 11.2 Å². The van der Waals surface area contributed by atoms with Crippen molar-refractivity contribution >= 4 is 5.78 Å². The van der Waals surface area contributed by atoms with Gasteiger partial charge in [-0.25, -0.2) is 0 Å². The van der Waals surface area contributed by atoms with Gasteiger partial charge in [-0.05, 0) is 62.7 Å². The molecule has 0 saturated heterocycles. The molecule has 4 heteroatoms. The highest BCUT2D eigenvalue weighted by atomic mass is 16.5. The maximum atomic E-state index is 10.5. The van der Waals surface area contributed by atoms with Gasteiger partial charge >= 0.3 is 0 Å². The number of Topliss-reactive ketones (excluding diaryl/α,β-unsaturated/α-hetero) is 1. The normalized spacial score (nSPS) is 11.2. The fourth-order valence-electron chi connectivity index (χ4n) is 2.46. The lowest BCUT2D eigenvalue weighted by Crippen LogP contribution is -2.31. The summed E-state index contributed by atoms with van der Waals surface area (Å²) in [5, 5.41) is 2.90. The van der Waals surface area contributed by atoms with Crippen molar-refractivity contribution in [3.8, 4) is 17.0 Å². The molecule has 0 aliphatic carbocycles.